The van der Waals surface area contributed by atoms with Crippen molar-refractivity contribution in [1.29, 1.82) is 0 Å². The third-order valence-electron chi connectivity index (χ3n) is 2.60. The summed E-state index contributed by atoms with van der Waals surface area (Å²) >= 11 is 0. The quantitative estimate of drug-likeness (QED) is 0.784. The summed E-state index contributed by atoms with van der Waals surface area (Å²) in [5.74, 6) is -0.789. The molecule has 0 saturated heterocycles. The van der Waals surface area contributed by atoms with E-state index < -0.39 is 23.1 Å². The van der Waals surface area contributed by atoms with Crippen LogP contribution in [0, 0.1) is 0 Å². The summed E-state index contributed by atoms with van der Waals surface area (Å²) in [6.45, 7) is 0. The fourth-order valence-electron chi connectivity index (χ4n) is 1.74. The van der Waals surface area contributed by atoms with Gasteiger partial charge in [-0.15, -0.1) is 0 Å². The van der Waals surface area contributed by atoms with Gasteiger partial charge < -0.3 is 15.6 Å². The number of rotatable bonds is 2. The summed E-state index contributed by atoms with van der Waals surface area (Å²) in [4.78, 5) is 0. The lowest BCUT2D eigenvalue weighted by Gasteiger charge is -2.15. The monoisotopic (exact) mass is 273 g/mol. The Bertz CT molecular complexity index is 608. The molecule has 102 valence electrons. The summed E-state index contributed by atoms with van der Waals surface area (Å²) in [5, 5.41) is 15.8. The van der Waals surface area contributed by atoms with E-state index in [1.165, 1.54) is 7.11 Å². The molecule has 8 heteroatoms. The van der Waals surface area contributed by atoms with Crippen molar-refractivity contribution < 1.29 is 23.0 Å². The topological polar surface area (TPSA) is 84.2 Å². The van der Waals surface area contributed by atoms with E-state index in [2.05, 4.69) is 10.2 Å². The van der Waals surface area contributed by atoms with Gasteiger partial charge in [0.2, 0.25) is 0 Å². The third kappa shape index (κ3) is 2.16. The predicted octanol–water partition coefficient (Wildman–Crippen LogP) is 2.39. The van der Waals surface area contributed by atoms with Crippen LogP contribution in [0.1, 0.15) is 5.56 Å². The third-order valence-corrected chi connectivity index (χ3v) is 2.60. The maximum atomic E-state index is 13.0. The smallest absolute Gasteiger partial charge is 0.417 e. The second-order valence-corrected chi connectivity index (χ2v) is 3.73. The van der Waals surface area contributed by atoms with Crippen molar-refractivity contribution >= 4 is 5.82 Å². The van der Waals surface area contributed by atoms with Crippen LogP contribution in [0.2, 0.25) is 0 Å². The number of nitrogens with zero attached hydrogens (tertiary/aromatic N) is 1. The van der Waals surface area contributed by atoms with Gasteiger partial charge in [-0.1, -0.05) is 0 Å². The number of alkyl halides is 3. The average molecular weight is 273 g/mol. The lowest BCUT2D eigenvalue weighted by Crippen LogP contribution is -2.08. The van der Waals surface area contributed by atoms with Gasteiger partial charge in [0.15, 0.2) is 11.5 Å². The molecule has 0 aliphatic rings. The first-order chi connectivity index (χ1) is 8.86. The van der Waals surface area contributed by atoms with Crippen LogP contribution in [-0.2, 0) is 6.18 Å². The molecule has 1 aromatic carbocycles. The van der Waals surface area contributed by atoms with Crippen molar-refractivity contribution in [3.63, 3.8) is 0 Å². The van der Waals surface area contributed by atoms with Crippen molar-refractivity contribution in [2.24, 2.45) is 0 Å². The molecule has 0 saturated carbocycles. The highest BCUT2D eigenvalue weighted by atomic mass is 19.4. The summed E-state index contributed by atoms with van der Waals surface area (Å²) in [6.07, 6.45) is -3.53. The molecule has 0 amide bonds. The van der Waals surface area contributed by atoms with Crippen molar-refractivity contribution in [2.45, 2.75) is 6.18 Å². The molecule has 0 aliphatic carbocycles. The van der Waals surface area contributed by atoms with Gasteiger partial charge >= 0.3 is 6.18 Å². The van der Waals surface area contributed by atoms with Crippen molar-refractivity contribution in [3.05, 3.63) is 23.9 Å². The van der Waals surface area contributed by atoms with Gasteiger partial charge in [0.05, 0.1) is 18.9 Å². The fraction of sp³-hybridized carbons (Fsp3) is 0.182. The molecule has 0 fully saturated rings. The highest BCUT2D eigenvalue weighted by Crippen LogP contribution is 2.46. The Morgan fingerprint density at radius 2 is 2.05 bits per heavy atom. The molecule has 0 spiro atoms. The molecule has 0 bridgehead atoms. The number of H-pyrrole nitrogens is 1. The SMILES string of the molecule is COc1ccc(C(F)(F)F)c(-c2cn[nH]c2N)c1O. The van der Waals surface area contributed by atoms with Gasteiger partial charge in [-0.3, -0.25) is 5.10 Å². The van der Waals surface area contributed by atoms with Crippen molar-refractivity contribution in [2.75, 3.05) is 12.8 Å². The van der Waals surface area contributed by atoms with E-state index in [0.29, 0.717) is 0 Å². The van der Waals surface area contributed by atoms with E-state index in [-0.39, 0.29) is 17.1 Å². The van der Waals surface area contributed by atoms with Crippen molar-refractivity contribution in [3.8, 4) is 22.6 Å². The number of aromatic hydroxyl groups is 1. The highest BCUT2D eigenvalue weighted by molar-refractivity contribution is 5.82. The number of nitrogen functional groups attached to an aromatic ring is 1. The number of nitrogens with two attached hydrogens (primary N) is 1. The second kappa shape index (κ2) is 4.38. The number of methoxy groups -OCH3 is 1. The minimum absolute atomic E-state index is 0.0382. The Morgan fingerprint density at radius 3 is 2.53 bits per heavy atom. The molecule has 2 rings (SSSR count). The molecule has 4 N–H and O–H groups in total. The number of phenolic OH excluding ortho intramolecular Hbond substituents is 1. The van der Waals surface area contributed by atoms with E-state index in [0.717, 1.165) is 18.3 Å². The molecule has 5 nitrogen and oxygen atoms in total. The van der Waals surface area contributed by atoms with Crippen LogP contribution in [0.25, 0.3) is 11.1 Å². The summed E-state index contributed by atoms with van der Waals surface area (Å²) < 4.78 is 43.7. The summed E-state index contributed by atoms with van der Waals surface area (Å²) in [6, 6.07) is 1.86. The molecule has 0 unspecified atom stereocenters. The minimum Gasteiger partial charge on any atom is -0.504 e. The Labute approximate surface area is 105 Å². The molecule has 2 aromatic rings. The molecule has 1 aromatic heterocycles. The lowest BCUT2D eigenvalue weighted by atomic mass is 9.99. The van der Waals surface area contributed by atoms with Gasteiger partial charge in [-0.05, 0) is 12.1 Å². The second-order valence-electron chi connectivity index (χ2n) is 3.73. The number of benzene rings is 1. The first kappa shape index (κ1) is 13.1. The zero-order valence-corrected chi connectivity index (χ0v) is 9.75. The van der Waals surface area contributed by atoms with E-state index >= 15 is 0 Å². The number of halogens is 3. The first-order valence-electron chi connectivity index (χ1n) is 5.12. The lowest BCUT2D eigenvalue weighted by molar-refractivity contribution is -0.137. The number of hydrogen-bond donors (Lipinski definition) is 3. The van der Waals surface area contributed by atoms with Gasteiger partial charge in [0.1, 0.15) is 5.82 Å². The van der Waals surface area contributed by atoms with E-state index in [1.807, 2.05) is 0 Å². The number of nitrogens with one attached hydrogen (secondary N) is 1. The molecule has 19 heavy (non-hydrogen) atoms. The number of ether oxygens (including phenoxy) is 1. The molecular weight excluding hydrogens is 263 g/mol. The molecule has 0 aliphatic heterocycles. The number of anilines is 1. The van der Waals surface area contributed by atoms with Crippen LogP contribution in [0.5, 0.6) is 11.5 Å². The summed E-state index contributed by atoms with van der Waals surface area (Å²) in [7, 11) is 1.24. The average Bonchev–Trinajstić information content (AvgIpc) is 2.73. The first-order valence-corrected chi connectivity index (χ1v) is 5.12. The van der Waals surface area contributed by atoms with E-state index in [4.69, 9.17) is 10.5 Å². The highest BCUT2D eigenvalue weighted by Gasteiger charge is 2.36. The number of hydrogen-bond acceptors (Lipinski definition) is 4. The van der Waals surface area contributed by atoms with Gasteiger partial charge in [-0.25, -0.2) is 0 Å². The zero-order valence-electron chi connectivity index (χ0n) is 9.75. The van der Waals surface area contributed by atoms with Crippen LogP contribution in [0.4, 0.5) is 19.0 Å². The Balaban J connectivity index is 2.78. The normalized spacial score (nSPS) is 11.6. The number of phenols is 1. The maximum Gasteiger partial charge on any atom is 0.417 e. The molecule has 0 atom stereocenters. The standard InChI is InChI=1S/C11H10F3N3O2/c1-19-7-3-2-6(11(12,13)14)8(9(7)18)5-4-16-17-10(5)15/h2-4,18H,1H3,(H3,15,16,17). The maximum absolute atomic E-state index is 13.0. The Morgan fingerprint density at radius 1 is 1.37 bits per heavy atom. The van der Waals surface area contributed by atoms with E-state index in [9.17, 15) is 18.3 Å². The molecule has 0 radical (unpaired) electrons. The van der Waals surface area contributed by atoms with Gasteiger partial charge in [-0.2, -0.15) is 18.3 Å². The predicted molar refractivity (Wildman–Crippen MR) is 61.7 cm³/mol. The van der Waals surface area contributed by atoms with Crippen molar-refractivity contribution in [1.82, 2.24) is 10.2 Å². The Kier molecular flexibility index (Phi) is 3.01. The largest absolute Gasteiger partial charge is 0.504 e. The van der Waals surface area contributed by atoms with Gasteiger partial charge in [0, 0.05) is 11.1 Å². The molecule has 1 heterocycles. The minimum atomic E-state index is -4.64. The van der Waals surface area contributed by atoms with Crippen LogP contribution >= 0.6 is 0 Å². The van der Waals surface area contributed by atoms with E-state index in [1.54, 1.807) is 0 Å². The summed E-state index contributed by atoms with van der Waals surface area (Å²) in [5.41, 5.74) is 3.99. The number of aromatic amines is 1. The van der Waals surface area contributed by atoms with Crippen LogP contribution < -0.4 is 10.5 Å². The fourth-order valence-corrected chi connectivity index (χ4v) is 1.74. The molecular formula is C11H10F3N3O2. The Hall–Kier alpha value is -2.38. The van der Waals surface area contributed by atoms with Gasteiger partial charge in [0.25, 0.3) is 0 Å². The van der Waals surface area contributed by atoms with Crippen LogP contribution in [0.3, 0.4) is 0 Å². The van der Waals surface area contributed by atoms with Crippen LogP contribution in [-0.4, -0.2) is 22.4 Å². The number of aromatic nitrogens is 2. The zero-order chi connectivity index (χ0) is 14.2. The van der Waals surface area contributed by atoms with Crippen LogP contribution in [0.15, 0.2) is 18.3 Å².